The van der Waals surface area contributed by atoms with E-state index in [1.54, 1.807) is 6.07 Å². The number of nitrogens with one attached hydrogen (secondary N) is 2. The molecule has 2 aliphatic rings. The second kappa shape index (κ2) is 6.36. The van der Waals surface area contributed by atoms with Gasteiger partial charge in [-0.15, -0.1) is 0 Å². The Morgan fingerprint density at radius 3 is 2.71 bits per heavy atom. The van der Waals surface area contributed by atoms with Crippen molar-refractivity contribution in [2.75, 3.05) is 18.5 Å². The van der Waals surface area contributed by atoms with Gasteiger partial charge in [-0.1, -0.05) is 24.3 Å². The van der Waals surface area contributed by atoms with Crippen molar-refractivity contribution >= 4 is 27.6 Å². The molecule has 124 valence electrons. The number of carbonyl (C=O) groups is 1. The number of amides is 2. The molecule has 0 radical (unpaired) electrons. The highest BCUT2D eigenvalue weighted by atomic mass is 79.9. The number of carbonyl (C=O) groups excluding carboxylic acids is 1. The van der Waals surface area contributed by atoms with Crippen LogP contribution >= 0.6 is 15.9 Å². The first-order valence-corrected chi connectivity index (χ1v) is 8.74. The number of benzene rings is 2. The lowest BCUT2D eigenvalue weighted by atomic mass is 10.1. The molecule has 4 rings (SSSR count). The van der Waals surface area contributed by atoms with Gasteiger partial charge in [0, 0.05) is 16.6 Å². The second-order valence-corrected chi connectivity index (χ2v) is 6.72. The van der Waals surface area contributed by atoms with Gasteiger partial charge < -0.3 is 20.1 Å². The number of hydrogen-bond acceptors (Lipinski definition) is 3. The summed E-state index contributed by atoms with van der Waals surface area (Å²) in [6.45, 7) is 1.05. The van der Waals surface area contributed by atoms with Crippen LogP contribution in [0.15, 0.2) is 40.9 Å². The van der Waals surface area contributed by atoms with Crippen molar-refractivity contribution in [1.82, 2.24) is 5.32 Å². The maximum absolute atomic E-state index is 12.4. The summed E-state index contributed by atoms with van der Waals surface area (Å²) in [7, 11) is 0. The average Bonchev–Trinajstić information content (AvgIpc) is 2.99. The SMILES string of the molecule is O=C(Nc1cc2c(cc1Br)OCCO2)NC1CCc2ccccc21. The molecule has 1 unspecified atom stereocenters. The van der Waals surface area contributed by atoms with E-state index in [9.17, 15) is 4.79 Å². The predicted octanol–water partition coefficient (Wildman–Crippen LogP) is 4.03. The minimum atomic E-state index is -0.228. The van der Waals surface area contributed by atoms with Crippen LogP contribution in [0.25, 0.3) is 0 Å². The van der Waals surface area contributed by atoms with Gasteiger partial charge in [0.1, 0.15) is 13.2 Å². The lowest BCUT2D eigenvalue weighted by molar-refractivity contribution is 0.171. The van der Waals surface area contributed by atoms with Crippen LogP contribution in [0.4, 0.5) is 10.5 Å². The van der Waals surface area contributed by atoms with Crippen molar-refractivity contribution in [2.24, 2.45) is 0 Å². The molecule has 0 spiro atoms. The topological polar surface area (TPSA) is 59.6 Å². The molecule has 0 saturated carbocycles. The number of aryl methyl sites for hydroxylation is 1. The van der Waals surface area contributed by atoms with E-state index in [0.29, 0.717) is 30.4 Å². The molecular weight excluding hydrogens is 372 g/mol. The van der Waals surface area contributed by atoms with E-state index in [1.165, 1.54) is 11.1 Å². The summed E-state index contributed by atoms with van der Waals surface area (Å²) in [6.07, 6.45) is 1.92. The number of fused-ring (bicyclic) bond motifs is 2. The molecule has 2 aromatic carbocycles. The molecule has 5 nitrogen and oxygen atoms in total. The van der Waals surface area contributed by atoms with Gasteiger partial charge in [0.15, 0.2) is 11.5 Å². The fourth-order valence-electron chi connectivity index (χ4n) is 3.18. The molecule has 0 fully saturated rings. The molecular formula is C18H17BrN2O3. The van der Waals surface area contributed by atoms with Crippen LogP contribution in [0.1, 0.15) is 23.6 Å². The minimum absolute atomic E-state index is 0.0530. The first-order valence-electron chi connectivity index (χ1n) is 7.95. The van der Waals surface area contributed by atoms with Crippen molar-refractivity contribution in [2.45, 2.75) is 18.9 Å². The molecule has 0 saturated heterocycles. The highest BCUT2D eigenvalue weighted by Crippen LogP contribution is 2.38. The van der Waals surface area contributed by atoms with Crippen LogP contribution in [0.2, 0.25) is 0 Å². The van der Waals surface area contributed by atoms with Gasteiger partial charge in [0.2, 0.25) is 0 Å². The third-order valence-corrected chi connectivity index (χ3v) is 4.97. The number of urea groups is 1. The summed E-state index contributed by atoms with van der Waals surface area (Å²) in [5.74, 6) is 1.33. The van der Waals surface area contributed by atoms with Crippen LogP contribution in [0.3, 0.4) is 0 Å². The van der Waals surface area contributed by atoms with Crippen molar-refractivity contribution in [3.8, 4) is 11.5 Å². The minimum Gasteiger partial charge on any atom is -0.486 e. The second-order valence-electron chi connectivity index (χ2n) is 5.86. The molecule has 1 heterocycles. The Hall–Kier alpha value is -2.21. The van der Waals surface area contributed by atoms with Crippen LogP contribution in [0, 0.1) is 0 Å². The molecule has 24 heavy (non-hydrogen) atoms. The third-order valence-electron chi connectivity index (χ3n) is 4.32. The average molecular weight is 389 g/mol. The largest absolute Gasteiger partial charge is 0.486 e. The Morgan fingerprint density at radius 2 is 1.88 bits per heavy atom. The van der Waals surface area contributed by atoms with Crippen molar-refractivity contribution in [3.63, 3.8) is 0 Å². The molecule has 6 heteroatoms. The van der Waals surface area contributed by atoms with E-state index in [-0.39, 0.29) is 12.1 Å². The van der Waals surface area contributed by atoms with E-state index in [4.69, 9.17) is 9.47 Å². The smallest absolute Gasteiger partial charge is 0.319 e. The van der Waals surface area contributed by atoms with E-state index in [2.05, 4.69) is 38.7 Å². The van der Waals surface area contributed by atoms with Crippen molar-refractivity contribution in [3.05, 3.63) is 52.0 Å². The van der Waals surface area contributed by atoms with Gasteiger partial charge in [-0.25, -0.2) is 4.79 Å². The van der Waals surface area contributed by atoms with E-state index < -0.39 is 0 Å². The zero-order chi connectivity index (χ0) is 16.5. The molecule has 0 bridgehead atoms. The number of hydrogen-bond donors (Lipinski definition) is 2. The fraction of sp³-hybridized carbons (Fsp3) is 0.278. The summed E-state index contributed by atoms with van der Waals surface area (Å²) in [4.78, 5) is 12.4. The molecule has 2 amide bonds. The van der Waals surface area contributed by atoms with Gasteiger partial charge in [-0.2, -0.15) is 0 Å². The summed E-state index contributed by atoms with van der Waals surface area (Å²) in [5, 5.41) is 5.93. The van der Waals surface area contributed by atoms with E-state index in [0.717, 1.165) is 17.3 Å². The molecule has 0 aromatic heterocycles. The highest BCUT2D eigenvalue weighted by molar-refractivity contribution is 9.10. The lowest BCUT2D eigenvalue weighted by Crippen LogP contribution is -2.31. The van der Waals surface area contributed by atoms with Gasteiger partial charge in [-0.05, 0) is 39.9 Å². The zero-order valence-electron chi connectivity index (χ0n) is 13.0. The van der Waals surface area contributed by atoms with Crippen LogP contribution in [-0.4, -0.2) is 19.2 Å². The maximum Gasteiger partial charge on any atom is 0.319 e. The zero-order valence-corrected chi connectivity index (χ0v) is 14.6. The summed E-state index contributed by atoms with van der Waals surface area (Å²) in [6, 6.07) is 11.7. The monoisotopic (exact) mass is 388 g/mol. The number of ether oxygens (including phenoxy) is 2. The van der Waals surface area contributed by atoms with Gasteiger partial charge in [0.25, 0.3) is 0 Å². The number of anilines is 1. The standard InChI is InChI=1S/C18H17BrN2O3/c19-13-9-16-17(24-8-7-23-16)10-15(13)21-18(22)20-14-6-5-11-3-1-2-4-12(11)14/h1-4,9-10,14H,5-8H2,(H2,20,21,22). The lowest BCUT2D eigenvalue weighted by Gasteiger charge is -2.20. The first-order chi connectivity index (χ1) is 11.7. The Balaban J connectivity index is 1.47. The van der Waals surface area contributed by atoms with E-state index >= 15 is 0 Å². The Labute approximate surface area is 148 Å². The molecule has 1 atom stereocenters. The highest BCUT2D eigenvalue weighted by Gasteiger charge is 2.24. The predicted molar refractivity (Wildman–Crippen MR) is 94.8 cm³/mol. The third kappa shape index (κ3) is 2.94. The van der Waals surface area contributed by atoms with Crippen LogP contribution < -0.4 is 20.1 Å². The van der Waals surface area contributed by atoms with E-state index in [1.807, 2.05) is 18.2 Å². The summed E-state index contributed by atoms with van der Waals surface area (Å²) < 4.78 is 11.8. The Kier molecular flexibility index (Phi) is 4.06. The maximum atomic E-state index is 12.4. The summed E-state index contributed by atoms with van der Waals surface area (Å²) >= 11 is 3.46. The van der Waals surface area contributed by atoms with Crippen LogP contribution in [-0.2, 0) is 6.42 Å². The Morgan fingerprint density at radius 1 is 1.12 bits per heavy atom. The fourth-order valence-corrected chi connectivity index (χ4v) is 3.60. The molecule has 2 aromatic rings. The first kappa shape index (κ1) is 15.3. The van der Waals surface area contributed by atoms with Gasteiger partial charge in [-0.3, -0.25) is 0 Å². The van der Waals surface area contributed by atoms with Gasteiger partial charge >= 0.3 is 6.03 Å². The quantitative estimate of drug-likeness (QED) is 0.816. The molecule has 1 aliphatic carbocycles. The summed E-state index contributed by atoms with van der Waals surface area (Å²) in [5.41, 5.74) is 3.17. The normalized spacial score (nSPS) is 18.0. The van der Waals surface area contributed by atoms with Crippen LogP contribution in [0.5, 0.6) is 11.5 Å². The molecule has 2 N–H and O–H groups in total. The van der Waals surface area contributed by atoms with Gasteiger partial charge in [0.05, 0.1) is 11.7 Å². The van der Waals surface area contributed by atoms with Crippen molar-refractivity contribution in [1.29, 1.82) is 0 Å². The van der Waals surface area contributed by atoms with Crippen molar-refractivity contribution < 1.29 is 14.3 Å². The molecule has 1 aliphatic heterocycles. The number of halogens is 1. The number of rotatable bonds is 2. The Bertz CT molecular complexity index is 794.